The normalized spacial score (nSPS) is 18.2. The van der Waals surface area contributed by atoms with Crippen molar-refractivity contribution in [1.82, 2.24) is 15.2 Å². The van der Waals surface area contributed by atoms with Crippen molar-refractivity contribution >= 4 is 17.4 Å². The van der Waals surface area contributed by atoms with Crippen molar-refractivity contribution in [3.05, 3.63) is 53.7 Å². The number of rotatable bonds is 6. The lowest BCUT2D eigenvalue weighted by Gasteiger charge is -2.36. The lowest BCUT2D eigenvalue weighted by molar-refractivity contribution is -0.138. The molecule has 0 unspecified atom stereocenters. The minimum Gasteiger partial charge on any atom is -0.369 e. The second-order valence-corrected chi connectivity index (χ2v) is 9.35. The summed E-state index contributed by atoms with van der Waals surface area (Å²) in [6.45, 7) is 4.55. The predicted molar refractivity (Wildman–Crippen MR) is 127 cm³/mol. The molecule has 12 heteroatoms. The summed E-state index contributed by atoms with van der Waals surface area (Å²) in [5.74, 6) is 0.449. The van der Waals surface area contributed by atoms with Crippen LogP contribution in [0.25, 0.3) is 0 Å². The smallest absolute Gasteiger partial charge is 0.369 e. The van der Waals surface area contributed by atoms with Gasteiger partial charge in [0.1, 0.15) is 5.82 Å². The van der Waals surface area contributed by atoms with Crippen LogP contribution in [0.15, 0.2) is 42.6 Å². The van der Waals surface area contributed by atoms with Crippen LogP contribution in [0, 0.1) is 0 Å². The Morgan fingerprint density at radius 1 is 0.811 bits per heavy atom. The van der Waals surface area contributed by atoms with E-state index < -0.39 is 23.5 Å². The molecule has 2 aliphatic rings. The van der Waals surface area contributed by atoms with Crippen LogP contribution < -0.4 is 15.1 Å². The number of aromatic nitrogens is 1. The number of carbonyl (C=O) groups is 1. The summed E-state index contributed by atoms with van der Waals surface area (Å²) in [4.78, 5) is 22.5. The van der Waals surface area contributed by atoms with Gasteiger partial charge in [-0.1, -0.05) is 0 Å². The van der Waals surface area contributed by atoms with Gasteiger partial charge in [-0.05, 0) is 49.2 Å². The van der Waals surface area contributed by atoms with Gasteiger partial charge in [0, 0.05) is 70.2 Å². The zero-order valence-corrected chi connectivity index (χ0v) is 20.2. The molecule has 1 amide bonds. The van der Waals surface area contributed by atoms with Crippen LogP contribution in [0.3, 0.4) is 0 Å². The zero-order chi connectivity index (χ0) is 26.6. The lowest BCUT2D eigenvalue weighted by atomic mass is 10.0. The Morgan fingerprint density at radius 3 is 1.95 bits per heavy atom. The van der Waals surface area contributed by atoms with Crippen molar-refractivity contribution in [3.8, 4) is 0 Å². The molecule has 6 nitrogen and oxygen atoms in total. The molecule has 1 N–H and O–H groups in total. The van der Waals surface area contributed by atoms with E-state index in [0.29, 0.717) is 70.9 Å². The van der Waals surface area contributed by atoms with E-state index in [1.165, 1.54) is 18.2 Å². The van der Waals surface area contributed by atoms with Gasteiger partial charge in [0.05, 0.1) is 11.1 Å². The van der Waals surface area contributed by atoms with E-state index in [0.717, 1.165) is 30.1 Å². The molecule has 0 atom stereocenters. The Balaban J connectivity index is 1.14. The van der Waals surface area contributed by atoms with Crippen molar-refractivity contribution < 1.29 is 31.1 Å². The van der Waals surface area contributed by atoms with Gasteiger partial charge < -0.3 is 15.1 Å². The Morgan fingerprint density at radius 2 is 1.41 bits per heavy atom. The van der Waals surface area contributed by atoms with Gasteiger partial charge in [-0.3, -0.25) is 9.69 Å². The molecule has 2 saturated heterocycles. The summed E-state index contributed by atoms with van der Waals surface area (Å²) in [5, 5.41) is 3.05. The molecule has 2 aromatic rings. The number of benzene rings is 1. The Bertz CT molecular complexity index is 1030. The number of carbonyl (C=O) groups excluding carboxylic acids is 1. The van der Waals surface area contributed by atoms with Crippen molar-refractivity contribution in [1.29, 1.82) is 0 Å². The molecule has 0 spiro atoms. The minimum absolute atomic E-state index is 0.00900. The fourth-order valence-corrected chi connectivity index (χ4v) is 4.64. The first-order valence-electron chi connectivity index (χ1n) is 12.2. The average molecular weight is 530 g/mol. The van der Waals surface area contributed by atoms with Crippen LogP contribution in [0.5, 0.6) is 0 Å². The van der Waals surface area contributed by atoms with E-state index in [-0.39, 0.29) is 11.9 Å². The standard InChI is InChI=1S/C25H29F6N5O/c26-24(27,28)18-1-4-21(5-2-18)35-15-13-34(14-16-35)10-9-23(37)33-20-7-11-36(12-8-20)22-6-3-19(17-32-22)25(29,30)31/h1-6,17,20H,7-16H2,(H,33,37). The van der Waals surface area contributed by atoms with E-state index in [1.807, 2.05) is 9.80 Å². The highest BCUT2D eigenvalue weighted by Crippen LogP contribution is 2.31. The highest BCUT2D eigenvalue weighted by Gasteiger charge is 2.32. The number of piperidine rings is 1. The van der Waals surface area contributed by atoms with Gasteiger partial charge in [0.2, 0.25) is 5.91 Å². The molecule has 0 aliphatic carbocycles. The van der Waals surface area contributed by atoms with Crippen LogP contribution in [0.2, 0.25) is 0 Å². The summed E-state index contributed by atoms with van der Waals surface area (Å²) in [7, 11) is 0. The number of piperazine rings is 1. The molecule has 3 heterocycles. The summed E-state index contributed by atoms with van der Waals surface area (Å²) in [6.07, 6.45) is -6.21. The van der Waals surface area contributed by atoms with Gasteiger partial charge >= 0.3 is 12.4 Å². The maximum Gasteiger partial charge on any atom is 0.417 e. The van der Waals surface area contributed by atoms with Crippen molar-refractivity contribution in [2.75, 3.05) is 55.6 Å². The van der Waals surface area contributed by atoms with Crippen molar-refractivity contribution in [2.24, 2.45) is 0 Å². The average Bonchev–Trinajstić information content (AvgIpc) is 2.87. The van der Waals surface area contributed by atoms with Crippen molar-refractivity contribution in [3.63, 3.8) is 0 Å². The first kappa shape index (κ1) is 27.0. The number of alkyl halides is 6. The Labute approximate surface area is 211 Å². The number of anilines is 2. The molecule has 1 aromatic carbocycles. The van der Waals surface area contributed by atoms with Crippen LogP contribution in [0.1, 0.15) is 30.4 Å². The van der Waals surface area contributed by atoms with Gasteiger partial charge in [-0.15, -0.1) is 0 Å². The summed E-state index contributed by atoms with van der Waals surface area (Å²) >= 11 is 0. The van der Waals surface area contributed by atoms with Gasteiger partial charge in [0.15, 0.2) is 0 Å². The number of hydrogen-bond acceptors (Lipinski definition) is 5. The van der Waals surface area contributed by atoms with Crippen LogP contribution in [-0.4, -0.2) is 67.6 Å². The molecule has 2 fully saturated rings. The van der Waals surface area contributed by atoms with E-state index in [4.69, 9.17) is 0 Å². The van der Waals surface area contributed by atoms with Crippen LogP contribution in [0.4, 0.5) is 37.8 Å². The monoisotopic (exact) mass is 529 g/mol. The number of nitrogens with zero attached hydrogens (tertiary/aromatic N) is 4. The SMILES string of the molecule is O=C(CCN1CCN(c2ccc(C(F)(F)F)cc2)CC1)NC1CCN(c2ccc(C(F)(F)F)cn2)CC1. The van der Waals surface area contributed by atoms with Crippen molar-refractivity contribution in [2.45, 2.75) is 37.7 Å². The van der Waals surface area contributed by atoms with E-state index in [1.54, 1.807) is 0 Å². The molecule has 0 bridgehead atoms. The molecule has 0 radical (unpaired) electrons. The van der Waals surface area contributed by atoms with E-state index >= 15 is 0 Å². The van der Waals surface area contributed by atoms with Gasteiger partial charge in [0.25, 0.3) is 0 Å². The second-order valence-electron chi connectivity index (χ2n) is 9.35. The fraction of sp³-hybridized carbons (Fsp3) is 0.520. The Hall–Kier alpha value is -3.02. The molecule has 1 aromatic heterocycles. The van der Waals surface area contributed by atoms with E-state index in [9.17, 15) is 31.1 Å². The predicted octanol–water partition coefficient (Wildman–Crippen LogP) is 4.42. The quantitative estimate of drug-likeness (QED) is 0.562. The largest absolute Gasteiger partial charge is 0.417 e. The first-order valence-corrected chi connectivity index (χ1v) is 12.2. The van der Waals surface area contributed by atoms with E-state index in [2.05, 4.69) is 15.2 Å². The maximum absolute atomic E-state index is 12.8. The molecular formula is C25H29F6N5O. The molecular weight excluding hydrogens is 500 g/mol. The highest BCUT2D eigenvalue weighted by molar-refractivity contribution is 5.76. The summed E-state index contributed by atoms with van der Waals surface area (Å²) in [6, 6.07) is 7.58. The van der Waals surface area contributed by atoms with Crippen LogP contribution in [-0.2, 0) is 17.1 Å². The molecule has 2 aliphatic heterocycles. The fourth-order valence-electron chi connectivity index (χ4n) is 4.64. The number of hydrogen-bond donors (Lipinski definition) is 1. The maximum atomic E-state index is 12.8. The lowest BCUT2D eigenvalue weighted by Crippen LogP contribution is -2.48. The Kier molecular flexibility index (Phi) is 8.15. The number of halogens is 6. The number of pyridine rings is 1. The van der Waals surface area contributed by atoms with Crippen LogP contribution >= 0.6 is 0 Å². The van der Waals surface area contributed by atoms with Gasteiger partial charge in [-0.2, -0.15) is 26.3 Å². The summed E-state index contributed by atoms with van der Waals surface area (Å²) in [5.41, 5.74) is -0.689. The topological polar surface area (TPSA) is 51.7 Å². The number of amides is 1. The second kappa shape index (κ2) is 11.2. The minimum atomic E-state index is -4.41. The van der Waals surface area contributed by atoms with Gasteiger partial charge in [-0.25, -0.2) is 4.98 Å². The molecule has 0 saturated carbocycles. The third-order valence-corrected chi connectivity index (χ3v) is 6.85. The zero-order valence-electron chi connectivity index (χ0n) is 20.2. The molecule has 202 valence electrons. The molecule has 37 heavy (non-hydrogen) atoms. The summed E-state index contributed by atoms with van der Waals surface area (Å²) < 4.78 is 76.4. The third-order valence-electron chi connectivity index (χ3n) is 6.85. The number of nitrogens with one attached hydrogen (secondary N) is 1. The third kappa shape index (κ3) is 7.27. The molecule has 4 rings (SSSR count). The highest BCUT2D eigenvalue weighted by atomic mass is 19.4. The first-order chi connectivity index (χ1) is 17.5.